The van der Waals surface area contributed by atoms with Gasteiger partial charge >= 0.3 is 5.97 Å². The molecule has 0 radical (unpaired) electrons. The number of hydrogen-bond acceptors (Lipinski definition) is 6. The van der Waals surface area contributed by atoms with E-state index >= 15 is 0 Å². The predicted octanol–water partition coefficient (Wildman–Crippen LogP) is 3.00. The van der Waals surface area contributed by atoms with Crippen LogP contribution < -0.4 is 4.74 Å². The molecule has 0 spiro atoms. The Hall–Kier alpha value is -3.02. The van der Waals surface area contributed by atoms with E-state index in [1.807, 2.05) is 0 Å². The van der Waals surface area contributed by atoms with E-state index in [9.17, 15) is 19.8 Å². The molecule has 0 fully saturated rings. The normalized spacial score (nSPS) is 11.6. The fraction of sp³-hybridized carbons (Fsp3) is 0.263. The van der Waals surface area contributed by atoms with Crippen LogP contribution >= 0.6 is 0 Å². The smallest absolute Gasteiger partial charge is 0.313 e. The molecule has 2 N–H and O–H groups in total. The Morgan fingerprint density at radius 2 is 1.72 bits per heavy atom. The van der Waals surface area contributed by atoms with Crippen LogP contribution in [0.15, 0.2) is 36.4 Å². The number of phenols is 2. The molecule has 25 heavy (non-hydrogen) atoms. The highest BCUT2D eigenvalue weighted by Crippen LogP contribution is 2.35. The Morgan fingerprint density at radius 1 is 1.08 bits per heavy atom. The van der Waals surface area contributed by atoms with Gasteiger partial charge in [0.15, 0.2) is 5.78 Å². The van der Waals surface area contributed by atoms with Crippen LogP contribution in [-0.2, 0) is 9.53 Å². The molecule has 0 bridgehead atoms. The number of carbonyl (C=O) groups is 2. The lowest BCUT2D eigenvalue weighted by Gasteiger charge is -2.18. The molecule has 0 amide bonds. The van der Waals surface area contributed by atoms with Crippen molar-refractivity contribution in [3.8, 4) is 17.2 Å². The second-order valence-electron chi connectivity index (χ2n) is 5.47. The summed E-state index contributed by atoms with van der Waals surface area (Å²) in [6.07, 6.45) is 0.346. The summed E-state index contributed by atoms with van der Waals surface area (Å²) >= 11 is 0. The van der Waals surface area contributed by atoms with Gasteiger partial charge in [0.1, 0.15) is 17.2 Å². The van der Waals surface area contributed by atoms with Gasteiger partial charge in [0, 0.05) is 11.6 Å². The second kappa shape index (κ2) is 7.70. The number of ketones is 1. The second-order valence-corrected chi connectivity index (χ2v) is 5.47. The number of ether oxygens (including phenoxy) is 2. The van der Waals surface area contributed by atoms with E-state index in [0.717, 1.165) is 6.07 Å². The monoisotopic (exact) mass is 344 g/mol. The average molecular weight is 344 g/mol. The third-order valence-corrected chi connectivity index (χ3v) is 3.98. The molecule has 0 aliphatic rings. The molecule has 132 valence electrons. The Balaban J connectivity index is 2.58. The molecular formula is C19H20O6. The standard InChI is InChI=1S/C19H20O6/c1-4-14(19(23)25-3)15-9-12(20)10-16(21)17(15)18(22)11-5-7-13(24-2)8-6-11/h5-10,14,20-21H,4H2,1-3H3. The first kappa shape index (κ1) is 18.3. The average Bonchev–Trinajstić information content (AvgIpc) is 2.61. The summed E-state index contributed by atoms with van der Waals surface area (Å²) in [4.78, 5) is 24.9. The summed E-state index contributed by atoms with van der Waals surface area (Å²) in [5.74, 6) is -1.82. The molecule has 6 nitrogen and oxygen atoms in total. The number of aromatic hydroxyl groups is 2. The van der Waals surface area contributed by atoms with Crippen molar-refractivity contribution < 1.29 is 29.3 Å². The first-order valence-corrected chi connectivity index (χ1v) is 7.75. The van der Waals surface area contributed by atoms with Gasteiger partial charge in [-0.2, -0.15) is 0 Å². The maximum Gasteiger partial charge on any atom is 0.313 e. The number of phenolic OH excluding ortho intramolecular Hbond substituents is 2. The Bertz CT molecular complexity index is 779. The summed E-state index contributed by atoms with van der Waals surface area (Å²) in [6.45, 7) is 1.75. The molecule has 2 aromatic carbocycles. The van der Waals surface area contributed by atoms with Gasteiger partial charge in [-0.1, -0.05) is 6.92 Å². The number of esters is 1. The fourth-order valence-corrected chi connectivity index (χ4v) is 2.70. The van der Waals surface area contributed by atoms with Gasteiger partial charge in [0.05, 0.1) is 25.7 Å². The zero-order valence-electron chi connectivity index (χ0n) is 14.3. The van der Waals surface area contributed by atoms with Crippen LogP contribution in [0.3, 0.4) is 0 Å². The van der Waals surface area contributed by atoms with E-state index in [2.05, 4.69) is 0 Å². The van der Waals surface area contributed by atoms with Crippen LogP contribution in [-0.4, -0.2) is 36.2 Å². The van der Waals surface area contributed by atoms with Crippen LogP contribution in [0.25, 0.3) is 0 Å². The van der Waals surface area contributed by atoms with Crippen molar-refractivity contribution in [2.24, 2.45) is 0 Å². The van der Waals surface area contributed by atoms with Crippen molar-refractivity contribution in [2.45, 2.75) is 19.3 Å². The first-order valence-electron chi connectivity index (χ1n) is 7.75. The van der Waals surface area contributed by atoms with E-state index in [4.69, 9.17) is 9.47 Å². The molecule has 0 saturated heterocycles. The lowest BCUT2D eigenvalue weighted by Crippen LogP contribution is -2.17. The summed E-state index contributed by atoms with van der Waals surface area (Å²) in [6, 6.07) is 8.77. The van der Waals surface area contributed by atoms with E-state index < -0.39 is 23.4 Å². The van der Waals surface area contributed by atoms with Crippen LogP contribution in [0.5, 0.6) is 17.2 Å². The van der Waals surface area contributed by atoms with Gasteiger partial charge < -0.3 is 19.7 Å². The van der Waals surface area contributed by atoms with Gasteiger partial charge in [0.25, 0.3) is 0 Å². The van der Waals surface area contributed by atoms with Crippen LogP contribution in [0.1, 0.15) is 40.7 Å². The topological polar surface area (TPSA) is 93.1 Å². The molecule has 0 saturated carbocycles. The third kappa shape index (κ3) is 3.74. The summed E-state index contributed by atoms with van der Waals surface area (Å²) in [5, 5.41) is 20.0. The zero-order valence-corrected chi connectivity index (χ0v) is 14.3. The summed E-state index contributed by atoms with van der Waals surface area (Å²) in [7, 11) is 2.77. The first-order chi connectivity index (χ1) is 11.9. The number of benzene rings is 2. The van der Waals surface area contributed by atoms with Crippen molar-refractivity contribution in [1.82, 2.24) is 0 Å². The molecular weight excluding hydrogens is 324 g/mol. The highest BCUT2D eigenvalue weighted by atomic mass is 16.5. The zero-order chi connectivity index (χ0) is 18.6. The van der Waals surface area contributed by atoms with Crippen LogP contribution in [0.4, 0.5) is 0 Å². The van der Waals surface area contributed by atoms with Crippen LogP contribution in [0.2, 0.25) is 0 Å². The SMILES string of the molecule is CCC(C(=O)OC)c1cc(O)cc(O)c1C(=O)c1ccc(OC)cc1. The molecule has 2 aromatic rings. The minimum Gasteiger partial charge on any atom is -0.508 e. The van der Waals surface area contributed by atoms with Gasteiger partial charge in [-0.25, -0.2) is 0 Å². The lowest BCUT2D eigenvalue weighted by molar-refractivity contribution is -0.142. The lowest BCUT2D eigenvalue weighted by atomic mass is 9.87. The van der Waals surface area contributed by atoms with Crippen molar-refractivity contribution in [3.63, 3.8) is 0 Å². The summed E-state index contributed by atoms with van der Waals surface area (Å²) in [5.41, 5.74) is 0.524. The molecule has 0 aromatic heterocycles. The Morgan fingerprint density at radius 3 is 2.24 bits per heavy atom. The van der Waals surface area contributed by atoms with E-state index in [1.165, 1.54) is 20.3 Å². The Labute approximate surface area is 145 Å². The minimum atomic E-state index is -0.778. The van der Waals surface area contributed by atoms with E-state index in [0.29, 0.717) is 17.7 Å². The maximum atomic E-state index is 12.9. The molecule has 0 aliphatic heterocycles. The number of hydrogen-bond donors (Lipinski definition) is 2. The Kier molecular flexibility index (Phi) is 5.64. The fourth-order valence-electron chi connectivity index (χ4n) is 2.70. The predicted molar refractivity (Wildman–Crippen MR) is 91.2 cm³/mol. The van der Waals surface area contributed by atoms with Gasteiger partial charge in [-0.15, -0.1) is 0 Å². The van der Waals surface area contributed by atoms with Crippen molar-refractivity contribution >= 4 is 11.8 Å². The largest absolute Gasteiger partial charge is 0.508 e. The highest BCUT2D eigenvalue weighted by Gasteiger charge is 2.28. The quantitative estimate of drug-likeness (QED) is 0.618. The molecule has 2 rings (SSSR count). The van der Waals surface area contributed by atoms with E-state index in [-0.39, 0.29) is 16.9 Å². The minimum absolute atomic E-state index is 0.0276. The summed E-state index contributed by atoms with van der Waals surface area (Å²) < 4.78 is 9.84. The van der Waals surface area contributed by atoms with Crippen molar-refractivity contribution in [1.29, 1.82) is 0 Å². The number of rotatable bonds is 6. The molecule has 0 heterocycles. The molecule has 0 aliphatic carbocycles. The van der Waals surface area contributed by atoms with Gasteiger partial charge in [-0.3, -0.25) is 9.59 Å². The molecule has 1 atom stereocenters. The maximum absolute atomic E-state index is 12.9. The van der Waals surface area contributed by atoms with Crippen molar-refractivity contribution in [2.75, 3.05) is 14.2 Å². The van der Waals surface area contributed by atoms with E-state index in [1.54, 1.807) is 31.2 Å². The molecule has 1 unspecified atom stereocenters. The molecule has 6 heteroatoms. The van der Waals surface area contributed by atoms with Crippen molar-refractivity contribution in [3.05, 3.63) is 53.1 Å². The number of carbonyl (C=O) groups excluding carboxylic acids is 2. The number of methoxy groups -OCH3 is 2. The van der Waals surface area contributed by atoms with Gasteiger partial charge in [-0.05, 0) is 42.3 Å². The van der Waals surface area contributed by atoms with Gasteiger partial charge in [0.2, 0.25) is 0 Å². The third-order valence-electron chi connectivity index (χ3n) is 3.98. The highest BCUT2D eigenvalue weighted by molar-refractivity contribution is 6.12. The van der Waals surface area contributed by atoms with Crippen LogP contribution in [0, 0.1) is 0 Å².